The van der Waals surface area contributed by atoms with Crippen LogP contribution < -0.4 is 10.5 Å². The minimum atomic E-state index is -2.34. The summed E-state index contributed by atoms with van der Waals surface area (Å²) >= 11 is 3.27. The third-order valence-electron chi connectivity index (χ3n) is 3.36. The molecule has 0 saturated carbocycles. The van der Waals surface area contributed by atoms with Crippen LogP contribution in [0.25, 0.3) is 0 Å². The fourth-order valence-electron chi connectivity index (χ4n) is 2.04. The van der Waals surface area contributed by atoms with Gasteiger partial charge in [-0.3, -0.25) is 9.00 Å². The first-order valence-electron chi connectivity index (χ1n) is 7.22. The highest BCUT2D eigenvalue weighted by Crippen LogP contribution is 2.31. The molecule has 0 aliphatic heterocycles. The number of primary amides is 1. The third-order valence-corrected chi connectivity index (χ3v) is 5.57. The highest BCUT2D eigenvalue weighted by atomic mass is 79.9. The maximum atomic E-state index is 12.9. The molecule has 2 atom stereocenters. The lowest BCUT2D eigenvalue weighted by atomic mass is 10.1. The number of aliphatic hydroxyl groups is 1. The Balaban J connectivity index is 2.32. The molecule has 25 heavy (non-hydrogen) atoms. The van der Waals surface area contributed by atoms with Crippen molar-refractivity contribution in [3.05, 3.63) is 58.6 Å². The maximum Gasteiger partial charge on any atom is 0.267 e. The van der Waals surface area contributed by atoms with Gasteiger partial charge in [-0.2, -0.15) is 0 Å². The summed E-state index contributed by atoms with van der Waals surface area (Å²) in [5.41, 5.74) is 5.51. The Morgan fingerprint density at radius 2 is 1.84 bits per heavy atom. The van der Waals surface area contributed by atoms with E-state index >= 15 is 0 Å². The summed E-state index contributed by atoms with van der Waals surface area (Å²) in [5.74, 6) is 4.92. The fourth-order valence-corrected chi connectivity index (χ4v) is 3.56. The quantitative estimate of drug-likeness (QED) is 0.700. The molecule has 0 bridgehead atoms. The van der Waals surface area contributed by atoms with E-state index in [9.17, 15) is 14.1 Å². The van der Waals surface area contributed by atoms with E-state index in [-0.39, 0.29) is 17.1 Å². The minimum absolute atomic E-state index is 0.153. The van der Waals surface area contributed by atoms with Gasteiger partial charge in [0.1, 0.15) is 23.2 Å². The molecule has 2 unspecified atom stereocenters. The van der Waals surface area contributed by atoms with E-state index < -0.39 is 21.6 Å². The van der Waals surface area contributed by atoms with Gasteiger partial charge < -0.3 is 15.6 Å². The second kappa shape index (κ2) is 8.30. The molecular formula is C18H16BrNO4S. The Bertz CT molecular complexity index is 840. The van der Waals surface area contributed by atoms with Gasteiger partial charge in [0.15, 0.2) is 0 Å². The lowest BCUT2D eigenvalue weighted by molar-refractivity contribution is -0.129. The Hall–Kier alpha value is -2.14. The van der Waals surface area contributed by atoms with Gasteiger partial charge in [0.2, 0.25) is 4.93 Å². The first-order chi connectivity index (χ1) is 11.9. The SMILES string of the molecule is CC#CCOc1ccc(S(=O)C(O)(C(N)=O)c2ccc(Br)cc2)cc1. The van der Waals surface area contributed by atoms with Gasteiger partial charge in [-0.05, 0) is 43.3 Å². The summed E-state index contributed by atoms with van der Waals surface area (Å²) in [6.45, 7) is 1.95. The number of ether oxygens (including phenoxy) is 1. The van der Waals surface area contributed by atoms with Crippen LogP contribution in [0.3, 0.4) is 0 Å². The first-order valence-corrected chi connectivity index (χ1v) is 9.16. The monoisotopic (exact) mass is 421 g/mol. The highest BCUT2D eigenvalue weighted by Gasteiger charge is 2.43. The van der Waals surface area contributed by atoms with Gasteiger partial charge in [0, 0.05) is 14.9 Å². The van der Waals surface area contributed by atoms with Crippen molar-refractivity contribution in [2.75, 3.05) is 6.61 Å². The molecule has 0 aliphatic rings. The molecule has 0 aromatic heterocycles. The van der Waals surface area contributed by atoms with Crippen molar-refractivity contribution in [2.45, 2.75) is 16.8 Å². The van der Waals surface area contributed by atoms with Gasteiger partial charge in [0.05, 0.1) is 0 Å². The number of hydrogen-bond acceptors (Lipinski definition) is 4. The molecule has 7 heteroatoms. The molecule has 0 aliphatic carbocycles. The van der Waals surface area contributed by atoms with Crippen LogP contribution in [0, 0.1) is 11.8 Å². The summed E-state index contributed by atoms with van der Waals surface area (Å²) in [7, 11) is -2.11. The van der Waals surface area contributed by atoms with Crippen LogP contribution in [0.4, 0.5) is 0 Å². The predicted molar refractivity (Wildman–Crippen MR) is 99.0 cm³/mol. The zero-order valence-corrected chi connectivity index (χ0v) is 15.8. The second-order valence-electron chi connectivity index (χ2n) is 4.97. The summed E-state index contributed by atoms with van der Waals surface area (Å²) in [6, 6.07) is 12.5. The van der Waals surface area contributed by atoms with E-state index in [4.69, 9.17) is 10.5 Å². The van der Waals surface area contributed by atoms with Gasteiger partial charge in [-0.1, -0.05) is 34.0 Å². The Morgan fingerprint density at radius 3 is 2.36 bits per heavy atom. The lowest BCUT2D eigenvalue weighted by Gasteiger charge is -2.24. The van der Waals surface area contributed by atoms with Crippen molar-refractivity contribution < 1.29 is 18.8 Å². The number of amides is 1. The Morgan fingerprint density at radius 1 is 1.24 bits per heavy atom. The number of carbonyl (C=O) groups is 1. The number of carbonyl (C=O) groups excluding carboxylic acids is 1. The molecule has 130 valence electrons. The fraction of sp³-hybridized carbons (Fsp3) is 0.167. The van der Waals surface area contributed by atoms with Crippen molar-refractivity contribution in [2.24, 2.45) is 5.73 Å². The molecule has 0 spiro atoms. The number of benzene rings is 2. The van der Waals surface area contributed by atoms with Crippen molar-refractivity contribution in [3.8, 4) is 17.6 Å². The Kier molecular flexibility index (Phi) is 6.37. The van der Waals surface area contributed by atoms with E-state index in [0.717, 1.165) is 4.47 Å². The van der Waals surface area contributed by atoms with Gasteiger partial charge in [-0.25, -0.2) is 0 Å². The highest BCUT2D eigenvalue weighted by molar-refractivity contribution is 9.10. The number of hydrogen-bond donors (Lipinski definition) is 2. The molecule has 0 saturated heterocycles. The number of nitrogens with two attached hydrogens (primary N) is 1. The van der Waals surface area contributed by atoms with E-state index in [1.54, 1.807) is 31.2 Å². The van der Waals surface area contributed by atoms with Crippen LogP contribution in [-0.4, -0.2) is 21.8 Å². The van der Waals surface area contributed by atoms with Crippen LogP contribution in [0.15, 0.2) is 57.9 Å². The molecule has 0 fully saturated rings. The van der Waals surface area contributed by atoms with Crippen molar-refractivity contribution >= 4 is 32.6 Å². The molecule has 5 nitrogen and oxygen atoms in total. The average Bonchev–Trinajstić information content (AvgIpc) is 2.61. The zero-order chi connectivity index (χ0) is 18.4. The maximum absolute atomic E-state index is 12.9. The van der Waals surface area contributed by atoms with Gasteiger partial charge in [-0.15, -0.1) is 5.92 Å². The van der Waals surface area contributed by atoms with Crippen LogP contribution >= 0.6 is 15.9 Å². The third kappa shape index (κ3) is 4.28. The standard InChI is InChI=1S/C18H16BrNO4S/c1-2-3-12-24-15-8-10-16(11-9-15)25(23)18(22,17(20)21)13-4-6-14(19)7-5-13/h4-11,22H,12H2,1H3,(H2,20,21). The van der Waals surface area contributed by atoms with Gasteiger partial charge >= 0.3 is 0 Å². The topological polar surface area (TPSA) is 89.6 Å². The predicted octanol–water partition coefficient (Wildman–Crippen LogP) is 2.29. The molecular weight excluding hydrogens is 406 g/mol. The second-order valence-corrected chi connectivity index (χ2v) is 7.49. The normalized spacial score (nSPS) is 13.9. The van der Waals surface area contributed by atoms with Crippen LogP contribution in [0.1, 0.15) is 12.5 Å². The van der Waals surface area contributed by atoms with Crippen molar-refractivity contribution in [3.63, 3.8) is 0 Å². The summed E-state index contributed by atoms with van der Waals surface area (Å²) in [6.07, 6.45) is 0. The molecule has 1 amide bonds. The smallest absolute Gasteiger partial charge is 0.267 e. The first kappa shape index (κ1) is 19.2. The van der Waals surface area contributed by atoms with E-state index in [0.29, 0.717) is 5.75 Å². The zero-order valence-electron chi connectivity index (χ0n) is 13.4. The molecule has 0 heterocycles. The van der Waals surface area contributed by atoms with E-state index in [1.807, 2.05) is 0 Å². The summed E-state index contributed by atoms with van der Waals surface area (Å²) in [4.78, 5) is 9.80. The summed E-state index contributed by atoms with van der Waals surface area (Å²) < 4.78 is 19.0. The number of rotatable bonds is 6. The van der Waals surface area contributed by atoms with Crippen LogP contribution in [0.5, 0.6) is 5.75 Å². The van der Waals surface area contributed by atoms with Gasteiger partial charge in [0.25, 0.3) is 5.91 Å². The summed E-state index contributed by atoms with van der Waals surface area (Å²) in [5, 5.41) is 10.8. The van der Waals surface area contributed by atoms with Crippen molar-refractivity contribution in [1.29, 1.82) is 0 Å². The molecule has 2 aromatic rings. The lowest BCUT2D eigenvalue weighted by Crippen LogP contribution is -2.44. The van der Waals surface area contributed by atoms with E-state index in [1.165, 1.54) is 24.3 Å². The minimum Gasteiger partial charge on any atom is -0.481 e. The molecule has 2 rings (SSSR count). The van der Waals surface area contributed by atoms with E-state index in [2.05, 4.69) is 27.8 Å². The molecule has 3 N–H and O–H groups in total. The Labute approximate surface area is 156 Å². The van der Waals surface area contributed by atoms with Crippen LogP contribution in [0.2, 0.25) is 0 Å². The average molecular weight is 422 g/mol. The molecule has 0 radical (unpaired) electrons. The van der Waals surface area contributed by atoms with Crippen LogP contribution in [-0.2, 0) is 20.5 Å². The largest absolute Gasteiger partial charge is 0.481 e. The molecule has 2 aromatic carbocycles. The van der Waals surface area contributed by atoms with Crippen molar-refractivity contribution in [1.82, 2.24) is 0 Å². The number of halogens is 1.